The fourth-order valence-electron chi connectivity index (χ4n) is 4.08. The van der Waals surface area contributed by atoms with E-state index in [1.165, 1.54) is 64.2 Å². The second kappa shape index (κ2) is 13.4. The largest absolute Gasteiger partial charge is 0.508 e. The Morgan fingerprint density at radius 3 is 2.10 bits per heavy atom. The Balaban J connectivity index is 1.66. The molecule has 1 aromatic heterocycles. The molecule has 1 heterocycles. The molecule has 4 nitrogen and oxygen atoms in total. The van der Waals surface area contributed by atoms with Crippen LogP contribution in [0.3, 0.4) is 0 Å². The third kappa shape index (κ3) is 7.85. The minimum absolute atomic E-state index is 0.135. The van der Waals surface area contributed by atoms with Crippen molar-refractivity contribution in [3.63, 3.8) is 0 Å². The zero-order valence-electron chi connectivity index (χ0n) is 18.3. The summed E-state index contributed by atoms with van der Waals surface area (Å²) in [6.45, 7) is 2.79. The maximum Gasteiger partial charge on any atom is 0.231 e. The van der Waals surface area contributed by atoms with E-state index in [1.807, 2.05) is 12.3 Å². The summed E-state index contributed by atoms with van der Waals surface area (Å²) in [5.41, 5.74) is 7.60. The highest BCUT2D eigenvalue weighted by Crippen LogP contribution is 2.26. The number of hydrogen-bond acceptors (Lipinski definition) is 3. The van der Waals surface area contributed by atoms with Crippen LogP contribution in [0, 0.1) is 0 Å². The summed E-state index contributed by atoms with van der Waals surface area (Å²) in [6, 6.07) is 5.20. The standard InChI is InChI=1S/C25H40N2O2/c1-2-3-4-5-6-7-8-9-10-11-12-13-14-25(29)27-20-21(17-18-26)23-19-22(28)15-16-24(23)27/h15-16,19-20,28H,2-14,17-18,26H2,1H3. The zero-order valence-corrected chi connectivity index (χ0v) is 18.3. The molecule has 0 saturated carbocycles. The molecule has 0 amide bonds. The molecule has 0 bridgehead atoms. The Hall–Kier alpha value is -1.81. The van der Waals surface area contributed by atoms with Crippen molar-refractivity contribution in [2.75, 3.05) is 6.54 Å². The van der Waals surface area contributed by atoms with Crippen molar-refractivity contribution < 1.29 is 9.90 Å². The molecule has 0 unspecified atom stereocenters. The Bertz CT molecular complexity index is 736. The highest BCUT2D eigenvalue weighted by molar-refractivity contribution is 5.95. The van der Waals surface area contributed by atoms with E-state index in [-0.39, 0.29) is 11.7 Å². The second-order valence-electron chi connectivity index (χ2n) is 8.30. The minimum atomic E-state index is 0.135. The number of unbranched alkanes of at least 4 members (excludes halogenated alkanes) is 11. The quantitative estimate of drug-likeness (QED) is 0.332. The number of carbonyl (C=O) groups excluding carboxylic acids is 1. The molecule has 0 spiro atoms. The van der Waals surface area contributed by atoms with E-state index in [4.69, 9.17) is 5.73 Å². The fourth-order valence-corrected chi connectivity index (χ4v) is 4.08. The number of rotatable bonds is 15. The number of fused-ring (bicyclic) bond motifs is 1. The summed E-state index contributed by atoms with van der Waals surface area (Å²) in [5.74, 6) is 0.359. The van der Waals surface area contributed by atoms with E-state index in [0.29, 0.717) is 19.4 Å². The van der Waals surface area contributed by atoms with Crippen LogP contribution in [-0.4, -0.2) is 22.1 Å². The Morgan fingerprint density at radius 1 is 0.931 bits per heavy atom. The van der Waals surface area contributed by atoms with E-state index in [9.17, 15) is 9.90 Å². The summed E-state index contributed by atoms with van der Waals surface area (Å²) in [5, 5.41) is 10.7. The lowest BCUT2D eigenvalue weighted by Gasteiger charge is -2.05. The first kappa shape index (κ1) is 23.5. The van der Waals surface area contributed by atoms with Gasteiger partial charge in [-0.1, -0.05) is 77.6 Å². The van der Waals surface area contributed by atoms with Crippen LogP contribution in [0.5, 0.6) is 5.75 Å². The molecule has 0 radical (unpaired) electrons. The van der Waals surface area contributed by atoms with Crippen molar-refractivity contribution in [3.8, 4) is 5.75 Å². The van der Waals surface area contributed by atoms with Gasteiger partial charge in [-0.15, -0.1) is 0 Å². The maximum absolute atomic E-state index is 12.7. The van der Waals surface area contributed by atoms with Gasteiger partial charge >= 0.3 is 0 Å². The van der Waals surface area contributed by atoms with Gasteiger partial charge in [0.25, 0.3) is 0 Å². The van der Waals surface area contributed by atoms with E-state index in [1.54, 1.807) is 16.7 Å². The molecule has 29 heavy (non-hydrogen) atoms. The molecular formula is C25H40N2O2. The van der Waals surface area contributed by atoms with Crippen molar-refractivity contribution in [3.05, 3.63) is 30.0 Å². The SMILES string of the molecule is CCCCCCCCCCCCCCC(=O)n1cc(CCN)c2cc(O)ccc21. The third-order valence-corrected chi connectivity index (χ3v) is 5.80. The van der Waals surface area contributed by atoms with Crippen LogP contribution in [0.2, 0.25) is 0 Å². The second-order valence-corrected chi connectivity index (χ2v) is 8.30. The van der Waals surface area contributed by atoms with Gasteiger partial charge in [-0.05, 0) is 43.1 Å². The molecule has 4 heteroatoms. The van der Waals surface area contributed by atoms with Crippen molar-refractivity contribution >= 4 is 16.8 Å². The van der Waals surface area contributed by atoms with Crippen LogP contribution in [-0.2, 0) is 6.42 Å². The predicted octanol–water partition coefficient (Wildman–Crippen LogP) is 6.58. The first-order chi connectivity index (χ1) is 14.2. The molecule has 2 rings (SSSR count). The van der Waals surface area contributed by atoms with E-state index in [0.717, 1.165) is 29.3 Å². The van der Waals surface area contributed by atoms with Gasteiger partial charge < -0.3 is 10.8 Å². The van der Waals surface area contributed by atoms with Crippen LogP contribution in [0.25, 0.3) is 10.9 Å². The predicted molar refractivity (Wildman–Crippen MR) is 123 cm³/mol. The maximum atomic E-state index is 12.7. The van der Waals surface area contributed by atoms with Gasteiger partial charge in [0.2, 0.25) is 5.91 Å². The van der Waals surface area contributed by atoms with Gasteiger partial charge in [0, 0.05) is 18.0 Å². The van der Waals surface area contributed by atoms with Crippen LogP contribution in [0.15, 0.2) is 24.4 Å². The summed E-state index contributed by atoms with van der Waals surface area (Å²) in [6.07, 6.45) is 18.7. The molecule has 162 valence electrons. The molecule has 0 fully saturated rings. The molecule has 0 aliphatic carbocycles. The van der Waals surface area contributed by atoms with Gasteiger partial charge in [-0.25, -0.2) is 0 Å². The van der Waals surface area contributed by atoms with Crippen LogP contribution >= 0.6 is 0 Å². The number of hydrogen-bond donors (Lipinski definition) is 2. The molecule has 0 aliphatic heterocycles. The van der Waals surface area contributed by atoms with Crippen LogP contribution in [0.1, 0.15) is 101 Å². The van der Waals surface area contributed by atoms with Gasteiger partial charge in [-0.3, -0.25) is 9.36 Å². The Morgan fingerprint density at radius 2 is 1.52 bits per heavy atom. The average Bonchev–Trinajstić information content (AvgIpc) is 3.07. The third-order valence-electron chi connectivity index (χ3n) is 5.80. The molecule has 1 aromatic carbocycles. The highest BCUT2D eigenvalue weighted by Gasteiger charge is 2.13. The van der Waals surface area contributed by atoms with Gasteiger partial charge in [-0.2, -0.15) is 0 Å². The lowest BCUT2D eigenvalue weighted by Crippen LogP contribution is -2.09. The van der Waals surface area contributed by atoms with Crippen LogP contribution in [0.4, 0.5) is 0 Å². The smallest absolute Gasteiger partial charge is 0.231 e. The van der Waals surface area contributed by atoms with E-state index >= 15 is 0 Å². The molecule has 0 saturated heterocycles. The number of benzene rings is 1. The first-order valence-corrected chi connectivity index (χ1v) is 11.7. The summed E-state index contributed by atoms with van der Waals surface area (Å²) in [4.78, 5) is 12.7. The zero-order chi connectivity index (χ0) is 20.9. The number of phenolic OH excluding ortho intramolecular Hbond substituents is 1. The first-order valence-electron chi connectivity index (χ1n) is 11.7. The fraction of sp³-hybridized carbons (Fsp3) is 0.640. The molecule has 3 N–H and O–H groups in total. The Kier molecular flexibility index (Phi) is 10.9. The number of aromatic nitrogens is 1. The lowest BCUT2D eigenvalue weighted by molar-refractivity contribution is 0.0904. The summed E-state index contributed by atoms with van der Waals surface area (Å²) in [7, 11) is 0. The highest BCUT2D eigenvalue weighted by atomic mass is 16.3. The molecule has 0 atom stereocenters. The molecule has 2 aromatic rings. The number of phenols is 1. The number of nitrogens with two attached hydrogens (primary N) is 1. The average molecular weight is 401 g/mol. The van der Waals surface area contributed by atoms with E-state index in [2.05, 4.69) is 6.92 Å². The minimum Gasteiger partial charge on any atom is -0.508 e. The number of carbonyl (C=O) groups is 1. The normalized spacial score (nSPS) is 11.4. The van der Waals surface area contributed by atoms with Crippen molar-refractivity contribution in [2.24, 2.45) is 5.73 Å². The van der Waals surface area contributed by atoms with Crippen molar-refractivity contribution in [1.82, 2.24) is 4.57 Å². The van der Waals surface area contributed by atoms with Gasteiger partial charge in [0.1, 0.15) is 5.75 Å². The number of aromatic hydroxyl groups is 1. The van der Waals surface area contributed by atoms with Gasteiger partial charge in [0.05, 0.1) is 5.52 Å². The van der Waals surface area contributed by atoms with E-state index < -0.39 is 0 Å². The Labute approximate surface area is 176 Å². The lowest BCUT2D eigenvalue weighted by atomic mass is 10.0. The summed E-state index contributed by atoms with van der Waals surface area (Å²) < 4.78 is 1.75. The van der Waals surface area contributed by atoms with Crippen LogP contribution < -0.4 is 5.73 Å². The topological polar surface area (TPSA) is 68.2 Å². The monoisotopic (exact) mass is 400 g/mol. The summed E-state index contributed by atoms with van der Waals surface area (Å²) >= 11 is 0. The van der Waals surface area contributed by atoms with Crippen molar-refractivity contribution in [2.45, 2.75) is 96.8 Å². The number of nitrogens with zero attached hydrogens (tertiary/aromatic N) is 1. The molecular weight excluding hydrogens is 360 g/mol. The molecule has 0 aliphatic rings. The van der Waals surface area contributed by atoms with Crippen molar-refractivity contribution in [1.29, 1.82) is 0 Å². The van der Waals surface area contributed by atoms with Gasteiger partial charge in [0.15, 0.2) is 0 Å².